The number of aromatic nitrogens is 3. The van der Waals surface area contributed by atoms with Crippen LogP contribution >= 0.6 is 0 Å². The van der Waals surface area contributed by atoms with E-state index in [1.165, 1.54) is 29.8 Å². The quantitative estimate of drug-likeness (QED) is 0.770. The molecule has 0 saturated heterocycles. The Kier molecular flexibility index (Phi) is 4.70. The highest BCUT2D eigenvalue weighted by molar-refractivity contribution is 7.89. The number of nitrogens with one attached hydrogen (secondary N) is 1. The summed E-state index contributed by atoms with van der Waals surface area (Å²) in [5.74, 6) is 5.99. The van der Waals surface area contributed by atoms with Gasteiger partial charge in [-0.05, 0) is 6.07 Å². The first-order valence-corrected chi connectivity index (χ1v) is 7.56. The lowest BCUT2D eigenvalue weighted by Gasteiger charge is -2.15. The molecule has 0 aromatic carbocycles. The second kappa shape index (κ2) is 6.49. The van der Waals surface area contributed by atoms with Crippen LogP contribution in [0.25, 0.3) is 0 Å². The minimum Gasteiger partial charge on any atom is -0.347 e. The van der Waals surface area contributed by atoms with Crippen LogP contribution in [0.4, 0.5) is 0 Å². The van der Waals surface area contributed by atoms with Gasteiger partial charge in [0.2, 0.25) is 10.0 Å². The molecule has 0 spiro atoms. The normalized spacial score (nSPS) is 11.2. The van der Waals surface area contributed by atoms with Gasteiger partial charge < -0.3 is 10.7 Å². The molecule has 0 saturated carbocycles. The number of sulfonamides is 1. The molecule has 0 bridgehead atoms. The van der Waals surface area contributed by atoms with Crippen LogP contribution in [0.2, 0.25) is 0 Å². The zero-order valence-electron chi connectivity index (χ0n) is 11.4. The predicted molar refractivity (Wildman–Crippen MR) is 77.4 cm³/mol. The fourth-order valence-corrected chi connectivity index (χ4v) is 2.76. The molecule has 0 fully saturated rings. The fraction of sp³-hybridized carbons (Fsp3) is 0.231. The third-order valence-electron chi connectivity index (χ3n) is 2.68. The number of aromatic amines is 1. The Labute approximate surface area is 123 Å². The first-order chi connectivity index (χ1) is 10.0. The van der Waals surface area contributed by atoms with Crippen LogP contribution in [-0.4, -0.2) is 41.3 Å². The first kappa shape index (κ1) is 15.2. The molecule has 0 aliphatic rings. The van der Waals surface area contributed by atoms with Crippen molar-refractivity contribution >= 4 is 10.0 Å². The fourth-order valence-electron chi connectivity index (χ4n) is 1.64. The van der Waals surface area contributed by atoms with Crippen molar-refractivity contribution < 1.29 is 8.42 Å². The summed E-state index contributed by atoms with van der Waals surface area (Å²) >= 11 is 0. The number of hydrogen-bond donors (Lipinski definition) is 2. The minimum absolute atomic E-state index is 0.0837. The van der Waals surface area contributed by atoms with Crippen molar-refractivity contribution in [1.29, 1.82) is 0 Å². The van der Waals surface area contributed by atoms with Gasteiger partial charge in [0.25, 0.3) is 0 Å². The summed E-state index contributed by atoms with van der Waals surface area (Å²) in [6.07, 6.45) is 6.00. The van der Waals surface area contributed by atoms with E-state index in [9.17, 15) is 8.42 Å². The van der Waals surface area contributed by atoms with Gasteiger partial charge >= 0.3 is 0 Å². The summed E-state index contributed by atoms with van der Waals surface area (Å²) in [6.45, 7) is 0.351. The third kappa shape index (κ3) is 3.66. The van der Waals surface area contributed by atoms with Crippen LogP contribution < -0.4 is 5.73 Å². The molecule has 7 nitrogen and oxygen atoms in total. The van der Waals surface area contributed by atoms with Crippen LogP contribution in [0, 0.1) is 11.8 Å². The van der Waals surface area contributed by atoms with Crippen molar-refractivity contribution in [3.63, 3.8) is 0 Å². The number of nitrogens with zero attached hydrogens (tertiary/aromatic N) is 3. The van der Waals surface area contributed by atoms with Crippen molar-refractivity contribution in [3.8, 4) is 11.8 Å². The van der Waals surface area contributed by atoms with Gasteiger partial charge in [-0.15, -0.1) is 0 Å². The Morgan fingerprint density at radius 3 is 2.90 bits per heavy atom. The monoisotopic (exact) mass is 305 g/mol. The maximum Gasteiger partial charge on any atom is 0.244 e. The zero-order valence-corrected chi connectivity index (χ0v) is 12.3. The van der Waals surface area contributed by atoms with E-state index in [1.54, 1.807) is 12.4 Å². The molecule has 0 unspecified atom stereocenters. The van der Waals surface area contributed by atoms with E-state index in [4.69, 9.17) is 5.73 Å². The van der Waals surface area contributed by atoms with Crippen molar-refractivity contribution in [3.05, 3.63) is 42.2 Å². The van der Waals surface area contributed by atoms with E-state index in [2.05, 4.69) is 26.8 Å². The van der Waals surface area contributed by atoms with Gasteiger partial charge in [0, 0.05) is 37.4 Å². The molecule has 3 N–H and O–H groups in total. The molecule has 21 heavy (non-hydrogen) atoms. The van der Waals surface area contributed by atoms with Gasteiger partial charge in [-0.3, -0.25) is 4.98 Å². The van der Waals surface area contributed by atoms with E-state index in [1.807, 2.05) is 0 Å². The highest BCUT2D eigenvalue weighted by atomic mass is 32.2. The smallest absolute Gasteiger partial charge is 0.244 e. The van der Waals surface area contributed by atoms with Crippen molar-refractivity contribution in [1.82, 2.24) is 19.3 Å². The summed E-state index contributed by atoms with van der Waals surface area (Å²) in [5.41, 5.74) is 5.80. The van der Waals surface area contributed by atoms with Crippen LogP contribution in [0.3, 0.4) is 0 Å². The molecule has 0 radical (unpaired) electrons. The summed E-state index contributed by atoms with van der Waals surface area (Å²) < 4.78 is 26.1. The van der Waals surface area contributed by atoms with Crippen molar-refractivity contribution in [2.75, 3.05) is 13.6 Å². The average molecular weight is 305 g/mol. The number of H-pyrrole nitrogens is 1. The molecular weight excluding hydrogens is 290 g/mol. The van der Waals surface area contributed by atoms with Crippen LogP contribution in [0.5, 0.6) is 0 Å². The number of imidazole rings is 1. The first-order valence-electron chi connectivity index (χ1n) is 6.12. The lowest BCUT2D eigenvalue weighted by molar-refractivity contribution is 0.458. The second-order valence-electron chi connectivity index (χ2n) is 4.21. The lowest BCUT2D eigenvalue weighted by Crippen LogP contribution is -2.27. The number of pyridine rings is 1. The molecule has 0 aliphatic heterocycles. The van der Waals surface area contributed by atoms with Crippen LogP contribution in [-0.2, 0) is 16.6 Å². The Morgan fingerprint density at radius 1 is 1.43 bits per heavy atom. The molecular formula is C13H15N5O2S. The largest absolute Gasteiger partial charge is 0.347 e. The summed E-state index contributed by atoms with van der Waals surface area (Å²) in [5, 5.41) is 0. The van der Waals surface area contributed by atoms with E-state index in [-0.39, 0.29) is 18.0 Å². The van der Waals surface area contributed by atoms with Crippen molar-refractivity contribution in [2.24, 2.45) is 5.73 Å². The van der Waals surface area contributed by atoms with Gasteiger partial charge in [-0.25, -0.2) is 13.4 Å². The zero-order chi connectivity index (χ0) is 15.3. The Hall–Kier alpha value is -2.21. The number of rotatable bonds is 4. The Balaban J connectivity index is 2.26. The van der Waals surface area contributed by atoms with Crippen molar-refractivity contribution in [2.45, 2.75) is 11.4 Å². The van der Waals surface area contributed by atoms with Gasteiger partial charge in [0.1, 0.15) is 10.7 Å². The highest BCUT2D eigenvalue weighted by Gasteiger charge is 2.22. The molecule has 0 atom stereocenters. The number of hydrogen-bond acceptors (Lipinski definition) is 5. The summed E-state index contributed by atoms with van der Waals surface area (Å²) in [7, 11) is -2.17. The molecule has 0 amide bonds. The lowest BCUT2D eigenvalue weighted by atomic mass is 10.3. The van der Waals surface area contributed by atoms with Gasteiger partial charge in [-0.1, -0.05) is 11.8 Å². The Bertz CT molecular complexity index is 759. The van der Waals surface area contributed by atoms with Crippen LogP contribution in [0.1, 0.15) is 11.4 Å². The second-order valence-corrected chi connectivity index (χ2v) is 6.26. The molecule has 110 valence electrons. The molecule has 2 aromatic rings. The van der Waals surface area contributed by atoms with E-state index in [0.29, 0.717) is 11.4 Å². The van der Waals surface area contributed by atoms with Crippen LogP contribution in [0.15, 0.2) is 35.7 Å². The number of nitrogens with two attached hydrogens (primary N) is 1. The van der Waals surface area contributed by atoms with Gasteiger partial charge in [0.15, 0.2) is 0 Å². The third-order valence-corrected chi connectivity index (χ3v) is 4.45. The average Bonchev–Trinajstić information content (AvgIpc) is 2.98. The molecule has 2 rings (SSSR count). The van der Waals surface area contributed by atoms with Gasteiger partial charge in [-0.2, -0.15) is 4.31 Å². The summed E-state index contributed by atoms with van der Waals surface area (Å²) in [6, 6.07) is 1.48. The van der Waals surface area contributed by atoms with E-state index < -0.39 is 10.0 Å². The molecule has 2 heterocycles. The maximum atomic E-state index is 12.5. The Morgan fingerprint density at radius 2 is 2.24 bits per heavy atom. The molecule has 8 heteroatoms. The maximum absolute atomic E-state index is 12.5. The predicted octanol–water partition coefficient (Wildman–Crippen LogP) is -0.0644. The topological polar surface area (TPSA) is 105 Å². The SMILES string of the molecule is CN(Cc1ncc[nH]1)S(=O)(=O)c1cncc(C#CCN)c1. The van der Waals surface area contributed by atoms with Gasteiger partial charge in [0.05, 0.1) is 13.1 Å². The molecule has 2 aromatic heterocycles. The standard InChI is InChI=1S/C13H15N5O2S/c1-18(10-13-16-5-6-17-13)21(19,20)12-7-11(3-2-4-14)8-15-9-12/h5-9H,4,10,14H2,1H3,(H,16,17). The highest BCUT2D eigenvalue weighted by Crippen LogP contribution is 2.15. The van der Waals surface area contributed by atoms with E-state index >= 15 is 0 Å². The van der Waals surface area contributed by atoms with E-state index in [0.717, 1.165) is 0 Å². The molecule has 0 aliphatic carbocycles. The minimum atomic E-state index is -3.65. The summed E-state index contributed by atoms with van der Waals surface area (Å²) in [4.78, 5) is 10.9.